The third-order valence-corrected chi connectivity index (χ3v) is 6.35. The van der Waals surface area contributed by atoms with Crippen molar-refractivity contribution in [1.29, 1.82) is 0 Å². The highest BCUT2D eigenvalue weighted by Crippen LogP contribution is 2.39. The highest BCUT2D eigenvalue weighted by molar-refractivity contribution is 6.11. The summed E-state index contributed by atoms with van der Waals surface area (Å²) < 4.78 is 7.16. The van der Waals surface area contributed by atoms with E-state index in [1.165, 1.54) is 0 Å². The molecular weight excluding hydrogens is 382 g/mol. The third-order valence-electron chi connectivity index (χ3n) is 6.35. The number of Topliss-reactive ketones (excluding diaryl/α,β-unsaturated/α-hetero) is 1. The molecule has 1 N–H and O–H groups in total. The molecule has 2 aliphatic rings. The number of amides is 3. The average molecular weight is 409 g/mol. The van der Waals surface area contributed by atoms with Gasteiger partial charge in [-0.05, 0) is 50.3 Å². The lowest BCUT2D eigenvalue weighted by Crippen LogP contribution is -2.46. The number of ketones is 1. The zero-order valence-electron chi connectivity index (χ0n) is 17.7. The Bertz CT molecular complexity index is 1030. The molecule has 0 bridgehead atoms. The maximum absolute atomic E-state index is 13.4. The van der Waals surface area contributed by atoms with Crippen molar-refractivity contribution in [2.24, 2.45) is 0 Å². The van der Waals surface area contributed by atoms with Gasteiger partial charge in [0.1, 0.15) is 5.54 Å². The molecule has 1 aromatic heterocycles. The topological polar surface area (TPSA) is 80.6 Å². The van der Waals surface area contributed by atoms with E-state index in [4.69, 9.17) is 4.74 Å². The Balaban J connectivity index is 1.59. The van der Waals surface area contributed by atoms with Crippen molar-refractivity contribution < 1.29 is 19.1 Å². The summed E-state index contributed by atoms with van der Waals surface area (Å²) in [6, 6.07) is 9.05. The average Bonchev–Trinajstić information content (AvgIpc) is 3.15. The Morgan fingerprint density at radius 2 is 2.00 bits per heavy atom. The van der Waals surface area contributed by atoms with Crippen molar-refractivity contribution in [1.82, 2.24) is 14.8 Å². The molecule has 2 aromatic rings. The lowest BCUT2D eigenvalue weighted by Gasteiger charge is -2.33. The Labute approximate surface area is 176 Å². The number of imide groups is 1. The van der Waals surface area contributed by atoms with E-state index in [2.05, 4.69) is 5.32 Å². The van der Waals surface area contributed by atoms with Crippen LogP contribution in [0.25, 0.3) is 0 Å². The summed E-state index contributed by atoms with van der Waals surface area (Å²) in [5.41, 5.74) is 3.17. The first-order valence-corrected chi connectivity index (χ1v) is 10.3. The predicted octanol–water partition coefficient (Wildman–Crippen LogP) is 2.72. The summed E-state index contributed by atoms with van der Waals surface area (Å²) in [5.74, 6) is -0.572. The first-order valence-electron chi connectivity index (χ1n) is 10.3. The minimum Gasteiger partial charge on any atom is -0.383 e. The molecular formula is C23H27N3O4. The predicted molar refractivity (Wildman–Crippen MR) is 111 cm³/mol. The van der Waals surface area contributed by atoms with Gasteiger partial charge in [-0.1, -0.05) is 24.3 Å². The van der Waals surface area contributed by atoms with Crippen LogP contribution < -0.4 is 5.32 Å². The van der Waals surface area contributed by atoms with Crippen LogP contribution in [0.2, 0.25) is 0 Å². The molecule has 158 valence electrons. The van der Waals surface area contributed by atoms with E-state index >= 15 is 0 Å². The summed E-state index contributed by atoms with van der Waals surface area (Å²) in [6.45, 7) is 4.73. The van der Waals surface area contributed by atoms with Crippen LogP contribution in [0.15, 0.2) is 30.3 Å². The lowest BCUT2D eigenvalue weighted by molar-refractivity contribution is -0.131. The molecule has 4 rings (SSSR count). The summed E-state index contributed by atoms with van der Waals surface area (Å²) in [7, 11) is 1.64. The molecule has 0 radical (unpaired) electrons. The van der Waals surface area contributed by atoms with Gasteiger partial charge >= 0.3 is 6.03 Å². The number of ether oxygens (including phenoxy) is 1. The number of aryl methyl sites for hydroxylation is 2. The monoisotopic (exact) mass is 409 g/mol. The van der Waals surface area contributed by atoms with Gasteiger partial charge in [0.15, 0.2) is 5.78 Å². The first-order chi connectivity index (χ1) is 14.4. The zero-order valence-corrected chi connectivity index (χ0v) is 17.7. The number of nitrogens with zero attached hydrogens (tertiary/aromatic N) is 2. The van der Waals surface area contributed by atoms with Crippen LogP contribution >= 0.6 is 0 Å². The second kappa shape index (κ2) is 7.72. The van der Waals surface area contributed by atoms with E-state index in [1.54, 1.807) is 7.11 Å². The fourth-order valence-corrected chi connectivity index (χ4v) is 4.79. The van der Waals surface area contributed by atoms with Crippen molar-refractivity contribution in [2.45, 2.75) is 45.2 Å². The standard InChI is InChI=1S/C23H27N3O4/c1-15-13-18(16(2)25(15)11-12-30-3)20(27)14-26-21(28)23(24-22(26)29)10-6-8-17-7-4-5-9-19(17)23/h4-5,7,9,13H,6,8,10-12,14H2,1-3H3,(H,24,29). The van der Waals surface area contributed by atoms with E-state index in [9.17, 15) is 14.4 Å². The van der Waals surface area contributed by atoms with Crippen molar-refractivity contribution >= 4 is 17.7 Å². The first kappa shape index (κ1) is 20.3. The van der Waals surface area contributed by atoms with Gasteiger partial charge < -0.3 is 14.6 Å². The van der Waals surface area contributed by atoms with Crippen LogP contribution in [0.5, 0.6) is 0 Å². The van der Waals surface area contributed by atoms with Gasteiger partial charge in [-0.25, -0.2) is 4.79 Å². The van der Waals surface area contributed by atoms with E-state index in [0.717, 1.165) is 40.3 Å². The Morgan fingerprint density at radius 1 is 1.23 bits per heavy atom. The summed E-state index contributed by atoms with van der Waals surface area (Å²) in [6.07, 6.45) is 2.24. The molecule has 7 nitrogen and oxygen atoms in total. The van der Waals surface area contributed by atoms with E-state index in [1.807, 2.05) is 48.7 Å². The number of aromatic nitrogens is 1. The molecule has 30 heavy (non-hydrogen) atoms. The molecule has 7 heteroatoms. The molecule has 1 spiro atoms. The quantitative estimate of drug-likeness (QED) is 0.588. The highest BCUT2D eigenvalue weighted by Gasteiger charge is 2.54. The minimum atomic E-state index is -1.05. The SMILES string of the molecule is COCCn1c(C)cc(C(=O)CN2C(=O)NC3(CCCc4ccccc43)C2=O)c1C. The molecule has 0 saturated carbocycles. The van der Waals surface area contributed by atoms with Gasteiger partial charge in [-0.3, -0.25) is 14.5 Å². The normalized spacial score (nSPS) is 20.6. The number of hydrogen-bond donors (Lipinski definition) is 1. The number of carbonyl (C=O) groups is 3. The van der Waals surface area contributed by atoms with E-state index in [0.29, 0.717) is 25.1 Å². The summed E-state index contributed by atoms with van der Waals surface area (Å²) in [4.78, 5) is 40.3. The lowest BCUT2D eigenvalue weighted by atomic mass is 9.76. The van der Waals surface area contributed by atoms with Crippen LogP contribution in [-0.2, 0) is 28.0 Å². The molecule has 1 aliphatic carbocycles. The van der Waals surface area contributed by atoms with Crippen LogP contribution in [0.4, 0.5) is 4.79 Å². The maximum atomic E-state index is 13.4. The minimum absolute atomic E-state index is 0.239. The Kier molecular flexibility index (Phi) is 5.24. The molecule has 3 amide bonds. The van der Waals surface area contributed by atoms with Gasteiger partial charge in [0.25, 0.3) is 5.91 Å². The number of carbonyl (C=O) groups excluding carboxylic acids is 3. The summed E-state index contributed by atoms with van der Waals surface area (Å²) >= 11 is 0. The van der Waals surface area contributed by atoms with Gasteiger partial charge in [-0.15, -0.1) is 0 Å². The molecule has 2 heterocycles. The van der Waals surface area contributed by atoms with Crippen LogP contribution in [0.3, 0.4) is 0 Å². The van der Waals surface area contributed by atoms with Crippen molar-refractivity contribution in [3.05, 3.63) is 58.4 Å². The molecule has 1 atom stereocenters. The van der Waals surface area contributed by atoms with Gasteiger partial charge in [0.05, 0.1) is 13.2 Å². The number of urea groups is 1. The number of nitrogens with one attached hydrogen (secondary N) is 1. The van der Waals surface area contributed by atoms with Crippen molar-refractivity contribution in [2.75, 3.05) is 20.3 Å². The van der Waals surface area contributed by atoms with Gasteiger partial charge in [-0.2, -0.15) is 0 Å². The molecule has 1 fully saturated rings. The number of methoxy groups -OCH3 is 1. The summed E-state index contributed by atoms with van der Waals surface area (Å²) in [5, 5.41) is 2.90. The van der Waals surface area contributed by atoms with Crippen LogP contribution in [0, 0.1) is 13.8 Å². The van der Waals surface area contributed by atoms with Crippen LogP contribution in [-0.4, -0.2) is 47.4 Å². The number of benzene rings is 1. The molecule has 1 unspecified atom stereocenters. The van der Waals surface area contributed by atoms with E-state index < -0.39 is 11.6 Å². The second-order valence-electron chi connectivity index (χ2n) is 8.09. The third kappa shape index (κ3) is 3.13. The number of rotatable bonds is 6. The second-order valence-corrected chi connectivity index (χ2v) is 8.09. The Hall–Kier alpha value is -2.93. The van der Waals surface area contributed by atoms with Crippen LogP contribution in [0.1, 0.15) is 45.7 Å². The maximum Gasteiger partial charge on any atom is 0.325 e. The van der Waals surface area contributed by atoms with Gasteiger partial charge in [0.2, 0.25) is 0 Å². The molecule has 1 aliphatic heterocycles. The Morgan fingerprint density at radius 3 is 2.77 bits per heavy atom. The van der Waals surface area contributed by atoms with Crippen molar-refractivity contribution in [3.63, 3.8) is 0 Å². The smallest absolute Gasteiger partial charge is 0.325 e. The highest BCUT2D eigenvalue weighted by atomic mass is 16.5. The molecule has 1 saturated heterocycles. The van der Waals surface area contributed by atoms with E-state index in [-0.39, 0.29) is 18.2 Å². The molecule has 1 aromatic carbocycles. The zero-order chi connectivity index (χ0) is 21.5. The van der Waals surface area contributed by atoms with Gasteiger partial charge in [0, 0.05) is 30.6 Å². The van der Waals surface area contributed by atoms with Crippen molar-refractivity contribution in [3.8, 4) is 0 Å². The largest absolute Gasteiger partial charge is 0.383 e. The number of hydrogen-bond acceptors (Lipinski definition) is 4. The number of fused-ring (bicyclic) bond motifs is 2. The fourth-order valence-electron chi connectivity index (χ4n) is 4.79. The fraction of sp³-hybridized carbons (Fsp3) is 0.435.